The molecule has 1 unspecified atom stereocenters. The maximum absolute atomic E-state index is 9.37. The minimum absolute atomic E-state index is 0.250. The molecular weight excluding hydrogens is 230 g/mol. The molecule has 5 heteroatoms. The topological polar surface area (TPSA) is 71.2 Å². The first-order valence-electron chi connectivity index (χ1n) is 5.94. The fraction of sp³-hybridized carbons (Fsp3) is 0.385. The second-order valence-electron chi connectivity index (χ2n) is 4.34. The fourth-order valence-corrected chi connectivity index (χ4v) is 1.66. The Labute approximate surface area is 106 Å². The lowest BCUT2D eigenvalue weighted by Crippen LogP contribution is -2.23. The second-order valence-corrected chi connectivity index (χ2v) is 4.34. The fourth-order valence-electron chi connectivity index (χ4n) is 1.66. The van der Waals surface area contributed by atoms with Gasteiger partial charge in [0.2, 0.25) is 5.89 Å². The van der Waals surface area contributed by atoms with E-state index in [1.807, 2.05) is 13.1 Å². The van der Waals surface area contributed by atoms with Crippen molar-refractivity contribution in [2.24, 2.45) is 0 Å². The maximum atomic E-state index is 9.37. The molecule has 1 aromatic heterocycles. The molecule has 0 aliphatic heterocycles. The molecule has 0 radical (unpaired) electrons. The largest absolute Gasteiger partial charge is 0.508 e. The Balaban J connectivity index is 2.02. The molecule has 0 aliphatic carbocycles. The molecule has 2 rings (SSSR count). The first-order valence-corrected chi connectivity index (χ1v) is 5.94. The number of phenols is 1. The van der Waals surface area contributed by atoms with Crippen LogP contribution in [0, 0.1) is 0 Å². The van der Waals surface area contributed by atoms with E-state index in [0.29, 0.717) is 30.6 Å². The number of nitrogens with zero attached hydrogens (tertiary/aromatic N) is 2. The Kier molecular flexibility index (Phi) is 3.94. The number of hydrogen-bond acceptors (Lipinski definition) is 5. The summed E-state index contributed by atoms with van der Waals surface area (Å²) in [6.45, 7) is 2.05. The molecule has 0 fully saturated rings. The molecule has 96 valence electrons. The van der Waals surface area contributed by atoms with Gasteiger partial charge in [0.25, 0.3) is 0 Å². The maximum Gasteiger partial charge on any atom is 0.228 e. The summed E-state index contributed by atoms with van der Waals surface area (Å²) in [6.07, 6.45) is 1.27. The number of benzene rings is 1. The summed E-state index contributed by atoms with van der Waals surface area (Å²) in [5.74, 6) is 1.52. The van der Waals surface area contributed by atoms with Crippen molar-refractivity contribution in [1.29, 1.82) is 0 Å². The molecule has 1 atom stereocenters. The third-order valence-corrected chi connectivity index (χ3v) is 2.76. The molecule has 0 amide bonds. The summed E-state index contributed by atoms with van der Waals surface area (Å²) in [6, 6.07) is 7.37. The zero-order valence-corrected chi connectivity index (χ0v) is 10.6. The highest BCUT2D eigenvalue weighted by Crippen LogP contribution is 2.14. The van der Waals surface area contributed by atoms with Gasteiger partial charge in [-0.3, -0.25) is 0 Å². The zero-order valence-electron chi connectivity index (χ0n) is 10.6. The molecule has 2 N–H and O–H groups in total. The summed E-state index contributed by atoms with van der Waals surface area (Å²) in [4.78, 5) is 4.32. The molecule has 0 aliphatic rings. The Morgan fingerprint density at radius 2 is 2.28 bits per heavy atom. The molecule has 0 saturated carbocycles. The third kappa shape index (κ3) is 3.30. The van der Waals surface area contributed by atoms with Gasteiger partial charge in [0, 0.05) is 18.9 Å². The van der Waals surface area contributed by atoms with Gasteiger partial charge in [-0.15, -0.1) is 0 Å². The van der Waals surface area contributed by atoms with Crippen molar-refractivity contribution in [3.8, 4) is 5.75 Å². The minimum Gasteiger partial charge on any atom is -0.508 e. The summed E-state index contributed by atoms with van der Waals surface area (Å²) in [7, 11) is 1.90. The monoisotopic (exact) mass is 247 g/mol. The van der Waals surface area contributed by atoms with Crippen LogP contribution in [0.1, 0.15) is 24.2 Å². The van der Waals surface area contributed by atoms with Gasteiger partial charge in [0.15, 0.2) is 5.82 Å². The van der Waals surface area contributed by atoms with Gasteiger partial charge in [-0.1, -0.05) is 17.3 Å². The smallest absolute Gasteiger partial charge is 0.228 e. The molecule has 0 spiro atoms. The highest BCUT2D eigenvalue weighted by molar-refractivity contribution is 5.28. The van der Waals surface area contributed by atoms with Crippen LogP contribution in [0.25, 0.3) is 0 Å². The van der Waals surface area contributed by atoms with E-state index in [1.165, 1.54) is 0 Å². The van der Waals surface area contributed by atoms with Gasteiger partial charge in [0.05, 0.1) is 0 Å². The van der Waals surface area contributed by atoms with Gasteiger partial charge in [-0.2, -0.15) is 4.98 Å². The lowest BCUT2D eigenvalue weighted by molar-refractivity contribution is 0.361. The molecule has 18 heavy (non-hydrogen) atoms. The van der Waals surface area contributed by atoms with Crippen molar-refractivity contribution in [1.82, 2.24) is 15.5 Å². The molecule has 2 aromatic rings. The third-order valence-electron chi connectivity index (χ3n) is 2.76. The van der Waals surface area contributed by atoms with Crippen LogP contribution in [0.5, 0.6) is 5.75 Å². The van der Waals surface area contributed by atoms with Gasteiger partial charge >= 0.3 is 0 Å². The van der Waals surface area contributed by atoms with Crippen LogP contribution in [0.15, 0.2) is 28.8 Å². The van der Waals surface area contributed by atoms with E-state index in [2.05, 4.69) is 22.4 Å². The van der Waals surface area contributed by atoms with Crippen molar-refractivity contribution in [3.63, 3.8) is 0 Å². The van der Waals surface area contributed by atoms with Crippen LogP contribution in [0.2, 0.25) is 0 Å². The van der Waals surface area contributed by atoms with E-state index < -0.39 is 0 Å². The Hall–Kier alpha value is -1.88. The van der Waals surface area contributed by atoms with Crippen molar-refractivity contribution in [3.05, 3.63) is 41.5 Å². The number of aromatic nitrogens is 2. The quantitative estimate of drug-likeness (QED) is 0.838. The number of phenolic OH excluding ortho intramolecular Hbond substituents is 1. The number of rotatable bonds is 5. The molecule has 0 bridgehead atoms. The normalized spacial score (nSPS) is 12.6. The SMILES string of the molecule is CNC(C)Cc1nc(Cc2cccc(O)c2)no1. The van der Waals surface area contributed by atoms with E-state index in [0.717, 1.165) is 5.56 Å². The van der Waals surface area contributed by atoms with Crippen LogP contribution in [0.4, 0.5) is 0 Å². The van der Waals surface area contributed by atoms with Gasteiger partial charge in [-0.25, -0.2) is 0 Å². The van der Waals surface area contributed by atoms with E-state index in [-0.39, 0.29) is 5.75 Å². The summed E-state index contributed by atoms with van der Waals surface area (Å²) in [5, 5.41) is 16.4. The Morgan fingerprint density at radius 1 is 1.44 bits per heavy atom. The van der Waals surface area contributed by atoms with E-state index in [9.17, 15) is 5.11 Å². The van der Waals surface area contributed by atoms with E-state index >= 15 is 0 Å². The lowest BCUT2D eigenvalue weighted by Gasteiger charge is -2.04. The molecule has 5 nitrogen and oxygen atoms in total. The molecule has 1 heterocycles. The minimum atomic E-state index is 0.250. The Morgan fingerprint density at radius 3 is 3.00 bits per heavy atom. The number of likely N-dealkylation sites (N-methyl/N-ethyl adjacent to an activating group) is 1. The van der Waals surface area contributed by atoms with Crippen molar-refractivity contribution >= 4 is 0 Å². The molecular formula is C13H17N3O2. The van der Waals surface area contributed by atoms with Crippen molar-refractivity contribution < 1.29 is 9.63 Å². The molecule has 0 saturated heterocycles. The van der Waals surface area contributed by atoms with Crippen molar-refractivity contribution in [2.75, 3.05) is 7.05 Å². The van der Waals surface area contributed by atoms with E-state index in [1.54, 1.807) is 18.2 Å². The predicted octanol–water partition coefficient (Wildman–Crippen LogP) is 1.52. The van der Waals surface area contributed by atoms with Crippen LogP contribution in [-0.4, -0.2) is 28.3 Å². The average Bonchev–Trinajstić information content (AvgIpc) is 2.76. The summed E-state index contributed by atoms with van der Waals surface area (Å²) < 4.78 is 5.18. The Bertz CT molecular complexity index is 510. The van der Waals surface area contributed by atoms with Gasteiger partial charge in [-0.05, 0) is 31.7 Å². The predicted molar refractivity (Wildman–Crippen MR) is 67.4 cm³/mol. The van der Waals surface area contributed by atoms with Crippen LogP contribution in [-0.2, 0) is 12.8 Å². The first-order chi connectivity index (χ1) is 8.67. The van der Waals surface area contributed by atoms with Gasteiger partial charge in [0.1, 0.15) is 5.75 Å². The lowest BCUT2D eigenvalue weighted by atomic mass is 10.1. The van der Waals surface area contributed by atoms with Gasteiger partial charge < -0.3 is 14.9 Å². The standard InChI is InChI=1S/C13H17N3O2/c1-9(14-2)6-13-15-12(16-18-13)8-10-4-3-5-11(17)7-10/h3-5,7,9,14,17H,6,8H2,1-2H3. The average molecular weight is 247 g/mol. The zero-order chi connectivity index (χ0) is 13.0. The van der Waals surface area contributed by atoms with E-state index in [4.69, 9.17) is 4.52 Å². The van der Waals surface area contributed by atoms with Crippen LogP contribution < -0.4 is 5.32 Å². The van der Waals surface area contributed by atoms with Crippen LogP contribution in [0.3, 0.4) is 0 Å². The summed E-state index contributed by atoms with van der Waals surface area (Å²) in [5.41, 5.74) is 0.962. The molecule has 1 aromatic carbocycles. The highest BCUT2D eigenvalue weighted by Gasteiger charge is 2.10. The second kappa shape index (κ2) is 5.64. The summed E-state index contributed by atoms with van der Waals surface area (Å²) >= 11 is 0. The highest BCUT2D eigenvalue weighted by atomic mass is 16.5. The number of nitrogens with one attached hydrogen (secondary N) is 1. The van der Waals surface area contributed by atoms with Crippen molar-refractivity contribution in [2.45, 2.75) is 25.8 Å². The van der Waals surface area contributed by atoms with Crippen LogP contribution >= 0.6 is 0 Å². The number of hydrogen-bond donors (Lipinski definition) is 2. The first kappa shape index (κ1) is 12.6. The number of aromatic hydroxyl groups is 1.